The average molecular weight is 471 g/mol. The molecule has 0 bridgehead atoms. The molecule has 0 aliphatic carbocycles. The van der Waals surface area contributed by atoms with E-state index in [0.717, 1.165) is 50.1 Å². The lowest BCUT2D eigenvalue weighted by Crippen LogP contribution is -2.60. The van der Waals surface area contributed by atoms with Gasteiger partial charge in [-0.2, -0.15) is 0 Å². The van der Waals surface area contributed by atoms with E-state index in [1.54, 1.807) is 12.1 Å². The summed E-state index contributed by atoms with van der Waals surface area (Å²) in [4.78, 5) is 14.8. The molecular weight excluding hydrogens is 439 g/mol. The molecular formula is C30H31FN2O2. The summed E-state index contributed by atoms with van der Waals surface area (Å²) in [6, 6.07) is 25.9. The topological polar surface area (TPSA) is 41.6 Å². The minimum atomic E-state index is -0.567. The van der Waals surface area contributed by atoms with Crippen LogP contribution in [0.25, 0.3) is 0 Å². The van der Waals surface area contributed by atoms with E-state index in [9.17, 15) is 9.18 Å². The van der Waals surface area contributed by atoms with E-state index in [4.69, 9.17) is 4.74 Å². The summed E-state index contributed by atoms with van der Waals surface area (Å²) in [5, 5.41) is 3.70. The van der Waals surface area contributed by atoms with Gasteiger partial charge in [0, 0.05) is 36.5 Å². The van der Waals surface area contributed by atoms with Crippen LogP contribution in [-0.4, -0.2) is 37.6 Å². The maximum atomic E-state index is 14.1. The molecule has 4 unspecified atom stereocenters. The molecule has 35 heavy (non-hydrogen) atoms. The van der Waals surface area contributed by atoms with Crippen LogP contribution in [0.5, 0.6) is 5.75 Å². The van der Waals surface area contributed by atoms with Crippen LogP contribution >= 0.6 is 0 Å². The van der Waals surface area contributed by atoms with Crippen molar-refractivity contribution >= 4 is 6.41 Å². The zero-order valence-corrected chi connectivity index (χ0v) is 19.8. The molecule has 1 N–H and O–H groups in total. The lowest BCUT2D eigenvalue weighted by atomic mass is 9.56. The van der Waals surface area contributed by atoms with E-state index in [-0.39, 0.29) is 17.2 Å². The fourth-order valence-electron chi connectivity index (χ4n) is 7.22. The van der Waals surface area contributed by atoms with Crippen molar-refractivity contribution in [1.29, 1.82) is 0 Å². The van der Waals surface area contributed by atoms with E-state index in [2.05, 4.69) is 47.8 Å². The zero-order valence-electron chi connectivity index (χ0n) is 19.8. The third kappa shape index (κ3) is 3.48. The summed E-state index contributed by atoms with van der Waals surface area (Å²) in [6.07, 6.45) is 3.63. The van der Waals surface area contributed by atoms with Crippen LogP contribution in [-0.2, 0) is 15.7 Å². The van der Waals surface area contributed by atoms with Gasteiger partial charge in [-0.3, -0.25) is 4.79 Å². The predicted octanol–water partition coefficient (Wildman–Crippen LogP) is 5.00. The number of hydrogen-bond donors (Lipinski definition) is 1. The Balaban J connectivity index is 1.55. The van der Waals surface area contributed by atoms with Gasteiger partial charge in [-0.05, 0) is 54.5 Å². The Bertz CT molecular complexity index is 1200. The largest absolute Gasteiger partial charge is 0.493 e. The Hall–Kier alpha value is -3.18. The fraction of sp³-hybridized carbons (Fsp3) is 0.367. The van der Waals surface area contributed by atoms with Crippen molar-refractivity contribution in [2.45, 2.75) is 36.1 Å². The SMILES string of the molecule is O=CN1CCC(c2ccccc2)CC1(c1ccc(F)cc1)C1CNCC12CCOc1ccccc12. The minimum absolute atomic E-state index is 0.113. The second-order valence-electron chi connectivity index (χ2n) is 10.3. The minimum Gasteiger partial charge on any atom is -0.493 e. The summed E-state index contributed by atoms with van der Waals surface area (Å²) >= 11 is 0. The van der Waals surface area contributed by atoms with Crippen molar-refractivity contribution in [2.24, 2.45) is 5.92 Å². The Morgan fingerprint density at radius 1 is 1.00 bits per heavy atom. The maximum Gasteiger partial charge on any atom is 0.210 e. The van der Waals surface area contributed by atoms with Gasteiger partial charge in [-0.1, -0.05) is 60.7 Å². The van der Waals surface area contributed by atoms with E-state index in [0.29, 0.717) is 19.1 Å². The average Bonchev–Trinajstić information content (AvgIpc) is 3.34. The number of fused-ring (bicyclic) bond motifs is 2. The summed E-state index contributed by atoms with van der Waals surface area (Å²) in [7, 11) is 0. The first-order valence-electron chi connectivity index (χ1n) is 12.6. The number of para-hydroxylation sites is 1. The fourth-order valence-corrected chi connectivity index (χ4v) is 7.22. The molecule has 0 saturated carbocycles. The third-order valence-corrected chi connectivity index (χ3v) is 8.79. The molecule has 3 aromatic carbocycles. The Labute approximate surface area is 206 Å². The molecule has 6 rings (SSSR count). The highest BCUT2D eigenvalue weighted by Crippen LogP contribution is 2.57. The van der Waals surface area contributed by atoms with Gasteiger partial charge in [0.05, 0.1) is 12.1 Å². The van der Waals surface area contributed by atoms with Crippen molar-refractivity contribution in [3.63, 3.8) is 0 Å². The first-order valence-corrected chi connectivity index (χ1v) is 12.6. The van der Waals surface area contributed by atoms with Gasteiger partial charge in [0.1, 0.15) is 11.6 Å². The molecule has 0 aromatic heterocycles. The first-order chi connectivity index (χ1) is 17.2. The lowest BCUT2D eigenvalue weighted by molar-refractivity contribution is -0.132. The van der Waals surface area contributed by atoms with E-state index >= 15 is 0 Å². The number of carbonyl (C=O) groups excluding carboxylic acids is 1. The molecule has 1 amide bonds. The number of piperidine rings is 1. The highest BCUT2D eigenvalue weighted by molar-refractivity contribution is 5.54. The molecule has 3 aliphatic heterocycles. The molecule has 2 saturated heterocycles. The molecule has 3 heterocycles. The monoisotopic (exact) mass is 470 g/mol. The third-order valence-electron chi connectivity index (χ3n) is 8.79. The lowest BCUT2D eigenvalue weighted by Gasteiger charge is -2.56. The van der Waals surface area contributed by atoms with E-state index in [1.807, 2.05) is 29.2 Å². The molecule has 5 heteroatoms. The Kier molecular flexibility index (Phi) is 5.60. The molecule has 3 aliphatic rings. The van der Waals surface area contributed by atoms with Gasteiger partial charge in [-0.25, -0.2) is 4.39 Å². The number of nitrogens with one attached hydrogen (secondary N) is 1. The summed E-state index contributed by atoms with van der Waals surface area (Å²) in [5.74, 6) is 1.11. The summed E-state index contributed by atoms with van der Waals surface area (Å²) < 4.78 is 20.2. The molecule has 4 atom stereocenters. The van der Waals surface area contributed by atoms with Crippen LogP contribution in [0.1, 0.15) is 41.9 Å². The normalized spacial score (nSPS) is 30.0. The second kappa shape index (κ2) is 8.80. The van der Waals surface area contributed by atoms with Crippen LogP contribution in [0, 0.1) is 11.7 Å². The quantitative estimate of drug-likeness (QED) is 0.546. The van der Waals surface area contributed by atoms with Crippen LogP contribution < -0.4 is 10.1 Å². The summed E-state index contributed by atoms with van der Waals surface area (Å²) in [6.45, 7) is 2.95. The predicted molar refractivity (Wildman–Crippen MR) is 134 cm³/mol. The van der Waals surface area contributed by atoms with Gasteiger partial charge >= 0.3 is 0 Å². The van der Waals surface area contributed by atoms with Gasteiger partial charge in [-0.15, -0.1) is 0 Å². The highest BCUT2D eigenvalue weighted by atomic mass is 19.1. The highest BCUT2D eigenvalue weighted by Gasteiger charge is 2.60. The second-order valence-corrected chi connectivity index (χ2v) is 10.3. The van der Waals surface area contributed by atoms with Crippen LogP contribution in [0.3, 0.4) is 0 Å². The van der Waals surface area contributed by atoms with Gasteiger partial charge in [0.2, 0.25) is 6.41 Å². The number of nitrogens with zero attached hydrogens (tertiary/aromatic N) is 1. The number of likely N-dealkylation sites (tertiary alicyclic amines) is 1. The van der Waals surface area contributed by atoms with Crippen molar-refractivity contribution in [2.75, 3.05) is 26.2 Å². The Morgan fingerprint density at radius 3 is 2.57 bits per heavy atom. The van der Waals surface area contributed by atoms with Crippen molar-refractivity contribution < 1.29 is 13.9 Å². The number of carbonyl (C=O) groups is 1. The standard InChI is InChI=1S/C30H31FN2O2/c31-25-12-10-24(11-13-25)30(18-23(14-16-33(30)21-34)22-6-2-1-3-7-22)28-19-32-20-29(28)15-17-35-27-9-5-4-8-26(27)29/h1-13,21,23,28,32H,14-20H2. The number of halogens is 1. The number of hydrogen-bond acceptors (Lipinski definition) is 3. The number of benzene rings is 3. The van der Waals surface area contributed by atoms with Gasteiger partial charge < -0.3 is 15.0 Å². The van der Waals surface area contributed by atoms with E-state index in [1.165, 1.54) is 11.1 Å². The molecule has 1 spiro atoms. The van der Waals surface area contributed by atoms with Crippen molar-refractivity contribution in [3.05, 3.63) is 101 Å². The summed E-state index contributed by atoms with van der Waals surface area (Å²) in [5.41, 5.74) is 2.79. The van der Waals surface area contributed by atoms with Crippen LogP contribution in [0.15, 0.2) is 78.9 Å². The van der Waals surface area contributed by atoms with E-state index < -0.39 is 5.54 Å². The zero-order chi connectivity index (χ0) is 23.9. The Morgan fingerprint density at radius 2 is 1.77 bits per heavy atom. The molecule has 3 aromatic rings. The smallest absolute Gasteiger partial charge is 0.210 e. The number of rotatable bonds is 4. The molecule has 0 radical (unpaired) electrons. The van der Waals surface area contributed by atoms with Gasteiger partial charge in [0.15, 0.2) is 0 Å². The van der Waals surface area contributed by atoms with Crippen molar-refractivity contribution in [3.8, 4) is 5.75 Å². The molecule has 2 fully saturated rings. The number of amides is 1. The first kappa shape index (κ1) is 22.3. The molecule has 180 valence electrons. The van der Waals surface area contributed by atoms with Crippen LogP contribution in [0.4, 0.5) is 4.39 Å². The molecule has 4 nitrogen and oxygen atoms in total. The maximum absolute atomic E-state index is 14.1. The van der Waals surface area contributed by atoms with Crippen LogP contribution in [0.2, 0.25) is 0 Å². The number of ether oxygens (including phenoxy) is 1. The van der Waals surface area contributed by atoms with Gasteiger partial charge in [0.25, 0.3) is 0 Å². The van der Waals surface area contributed by atoms with Crippen molar-refractivity contribution in [1.82, 2.24) is 10.2 Å².